The number of nitrogens with one attached hydrogen (secondary N) is 4. The third kappa shape index (κ3) is 17.5. The van der Waals surface area contributed by atoms with E-state index in [-0.39, 0.29) is 62.9 Å². The first-order valence-electron chi connectivity index (χ1n) is 13.4. The lowest BCUT2D eigenvalue weighted by Gasteiger charge is -2.31. The highest BCUT2D eigenvalue weighted by molar-refractivity contribution is 8.79. The highest BCUT2D eigenvalue weighted by Crippen LogP contribution is 2.39. The molecule has 0 aromatic rings. The number of hydrogen-bond acceptors (Lipinski definition) is 14. The van der Waals surface area contributed by atoms with Crippen molar-refractivity contribution in [2.75, 3.05) is 75.4 Å². The molecule has 16 nitrogen and oxygen atoms in total. The lowest BCUT2D eigenvalue weighted by atomic mass is 10.3. The van der Waals surface area contributed by atoms with Crippen LogP contribution in [0.5, 0.6) is 0 Å². The summed E-state index contributed by atoms with van der Waals surface area (Å²) >= 11 is 23.1. The van der Waals surface area contributed by atoms with Gasteiger partial charge in [-0.15, -0.1) is 46.4 Å². The summed E-state index contributed by atoms with van der Waals surface area (Å²) in [6.07, 6.45) is -0.744. The molecule has 0 bridgehead atoms. The molecule has 0 spiro atoms. The molecule has 0 rings (SSSR count). The van der Waals surface area contributed by atoms with Crippen LogP contribution in [0.4, 0.5) is 9.59 Å². The van der Waals surface area contributed by atoms with Crippen LogP contribution in [0, 0.1) is 0 Å². The summed E-state index contributed by atoms with van der Waals surface area (Å²) in [7, 11) is -7.86. The zero-order chi connectivity index (χ0) is 35.5. The highest BCUT2D eigenvalue weighted by atomic mass is 35.5. The minimum atomic E-state index is -4.29. The number of carbonyl (C=O) groups excluding carboxylic acids is 4. The van der Waals surface area contributed by atoms with Crippen LogP contribution in [-0.4, -0.2) is 148 Å². The Bertz CT molecular complexity index is 1090. The quantitative estimate of drug-likeness (QED) is 0.0644. The van der Waals surface area contributed by atoms with Gasteiger partial charge in [-0.25, -0.2) is 36.4 Å². The first kappa shape index (κ1) is 45.2. The van der Waals surface area contributed by atoms with Crippen molar-refractivity contribution in [2.45, 2.75) is 35.1 Å². The van der Waals surface area contributed by atoms with E-state index in [2.05, 4.69) is 21.5 Å². The summed E-state index contributed by atoms with van der Waals surface area (Å²) < 4.78 is 58.2. The van der Waals surface area contributed by atoms with Gasteiger partial charge in [-0.05, 0) is 13.8 Å². The Hall–Kier alpha value is -0.840. The molecule has 0 aliphatic heterocycles. The summed E-state index contributed by atoms with van der Waals surface area (Å²) in [6.45, 7) is 3.15. The van der Waals surface area contributed by atoms with E-state index < -0.39 is 64.9 Å². The Morgan fingerprint density at radius 1 is 0.630 bits per heavy atom. The van der Waals surface area contributed by atoms with Gasteiger partial charge in [0.05, 0.1) is 13.2 Å². The molecule has 4 unspecified atom stereocenters. The van der Waals surface area contributed by atoms with Gasteiger partial charge in [-0.3, -0.25) is 20.4 Å². The molecule has 46 heavy (non-hydrogen) atoms. The summed E-state index contributed by atoms with van der Waals surface area (Å²) in [5, 5.41) is 7.01. The fourth-order valence-corrected chi connectivity index (χ4v) is 12.1. The molecule has 0 saturated heterocycles. The van der Waals surface area contributed by atoms with Crippen LogP contribution in [0.15, 0.2) is 0 Å². The Labute approximate surface area is 297 Å². The molecule has 0 aromatic carbocycles. The van der Waals surface area contributed by atoms with Crippen molar-refractivity contribution >= 4 is 112 Å². The molecule has 0 aromatic heterocycles. The van der Waals surface area contributed by atoms with E-state index in [9.17, 15) is 36.0 Å². The zero-order valence-corrected chi connectivity index (χ0v) is 31.8. The number of hydrogen-bond donors (Lipinski definition) is 4. The van der Waals surface area contributed by atoms with Crippen LogP contribution >= 0.6 is 68.0 Å². The number of sulfone groups is 2. The monoisotopic (exact) mass is 816 g/mol. The smallest absolute Gasteiger partial charge is 0.407 e. The number of hydrazine groups is 2. The largest absolute Gasteiger partial charge is 0.450 e. The number of alkyl halides is 4. The number of rotatable bonds is 23. The Kier molecular flexibility index (Phi) is 23.1. The average Bonchev–Trinajstić information content (AvgIpc) is 2.93. The van der Waals surface area contributed by atoms with Gasteiger partial charge in [0.1, 0.15) is 21.2 Å². The minimum absolute atomic E-state index is 0.0629. The first-order valence-corrected chi connectivity index (χ1v) is 21.7. The Morgan fingerprint density at radius 2 is 0.913 bits per heavy atom. The van der Waals surface area contributed by atoms with Gasteiger partial charge < -0.3 is 20.1 Å². The number of carbonyl (C=O) groups is 4. The third-order valence-electron chi connectivity index (χ3n) is 5.25. The van der Waals surface area contributed by atoms with Gasteiger partial charge in [0.15, 0.2) is 19.7 Å². The lowest BCUT2D eigenvalue weighted by molar-refractivity contribution is -0.128. The molecule has 0 aliphatic carbocycles. The van der Waals surface area contributed by atoms with Crippen molar-refractivity contribution in [3.8, 4) is 0 Å². The van der Waals surface area contributed by atoms with E-state index in [1.165, 1.54) is 23.9 Å². The van der Waals surface area contributed by atoms with Crippen LogP contribution in [-0.2, 0) is 38.7 Å². The van der Waals surface area contributed by atoms with Crippen LogP contribution in [0.1, 0.15) is 13.8 Å². The van der Waals surface area contributed by atoms with Crippen molar-refractivity contribution in [1.29, 1.82) is 0 Å². The van der Waals surface area contributed by atoms with Gasteiger partial charge in [0.2, 0.25) is 0 Å². The second-order valence-corrected chi connectivity index (χ2v) is 18.0. The van der Waals surface area contributed by atoms with Crippen molar-refractivity contribution in [2.24, 2.45) is 0 Å². The predicted octanol–water partition coefficient (Wildman–Crippen LogP) is 0.960. The molecule has 4 atom stereocenters. The fourth-order valence-electron chi connectivity index (χ4n) is 3.28. The number of alkyl carbamates (subject to hydrolysis) is 2. The molecular weight excluding hydrogens is 778 g/mol. The van der Waals surface area contributed by atoms with Crippen molar-refractivity contribution < 1.29 is 45.5 Å². The zero-order valence-electron chi connectivity index (χ0n) is 25.5. The summed E-state index contributed by atoms with van der Waals surface area (Å²) in [5.74, 6) is -1.78. The van der Waals surface area contributed by atoms with Crippen molar-refractivity contribution in [1.82, 2.24) is 31.5 Å². The van der Waals surface area contributed by atoms with Gasteiger partial charge in [0.25, 0.3) is 11.8 Å². The second kappa shape index (κ2) is 23.5. The minimum Gasteiger partial charge on any atom is -0.450 e. The van der Waals surface area contributed by atoms with Gasteiger partial charge in [-0.2, -0.15) is 0 Å². The predicted molar refractivity (Wildman–Crippen MR) is 183 cm³/mol. The topological polar surface area (TPSA) is 210 Å². The van der Waals surface area contributed by atoms with Crippen LogP contribution in [0.2, 0.25) is 0 Å². The maximum absolute atomic E-state index is 13.4. The molecule has 24 heteroatoms. The SMILES string of the molecule is CCOC(=O)NC(C(=O)NN(CCCl)CCCl)C(SSC(C(NC(=O)OCC)C(=O)NN(CCCl)CCCl)S(C)(=O)=O)S(C)(=O)=O. The van der Waals surface area contributed by atoms with Crippen LogP contribution < -0.4 is 21.5 Å². The Morgan fingerprint density at radius 3 is 1.13 bits per heavy atom. The standard InChI is InChI=1S/C22H40Cl4N6O10S4/c1-5-41-21(35)27-15(17(33)29-31(11-7-23)12-8-24)19(45(3,37)38)43-44-20(46(4,39)40)16(28-22(36)42-6-2)18(34)30-32(13-9-25)14-10-26/h15-16,19-20H,5-14H2,1-4H3,(H,27,35)(H,28,36)(H,29,33)(H,30,34). The third-order valence-corrected chi connectivity index (χ3v) is 14.2. The average molecular weight is 819 g/mol. The van der Waals surface area contributed by atoms with Crippen molar-refractivity contribution in [3.63, 3.8) is 0 Å². The maximum Gasteiger partial charge on any atom is 0.407 e. The maximum atomic E-state index is 13.4. The number of ether oxygens (including phenoxy) is 2. The van der Waals surface area contributed by atoms with Gasteiger partial charge >= 0.3 is 12.2 Å². The van der Waals surface area contributed by atoms with Gasteiger partial charge in [-0.1, -0.05) is 21.6 Å². The highest BCUT2D eigenvalue weighted by Gasteiger charge is 2.44. The van der Waals surface area contributed by atoms with E-state index >= 15 is 0 Å². The molecule has 0 fully saturated rings. The number of nitrogens with zero attached hydrogens (tertiary/aromatic N) is 2. The van der Waals surface area contributed by atoms with E-state index in [0.29, 0.717) is 21.6 Å². The molecular formula is C22H40Cl4N6O10S4. The molecule has 0 radical (unpaired) electrons. The molecule has 4 amide bonds. The molecule has 0 saturated carbocycles. The number of amides is 4. The normalized spacial score (nSPS) is 14.6. The molecule has 4 N–H and O–H groups in total. The fraction of sp³-hybridized carbons (Fsp3) is 0.818. The first-order chi connectivity index (χ1) is 21.5. The summed E-state index contributed by atoms with van der Waals surface area (Å²) in [6, 6.07) is -3.71. The summed E-state index contributed by atoms with van der Waals surface area (Å²) in [4.78, 5) is 51.6. The summed E-state index contributed by atoms with van der Waals surface area (Å²) in [5.41, 5.74) is 4.90. The molecule has 270 valence electrons. The Balaban J connectivity index is 6.74. The van der Waals surface area contributed by atoms with Crippen molar-refractivity contribution in [3.05, 3.63) is 0 Å². The molecule has 0 heterocycles. The van der Waals surface area contributed by atoms with E-state index in [4.69, 9.17) is 55.9 Å². The second-order valence-electron chi connectivity index (χ2n) is 8.96. The number of halogens is 4. The van der Waals surface area contributed by atoms with Crippen LogP contribution in [0.25, 0.3) is 0 Å². The van der Waals surface area contributed by atoms with E-state index in [1.54, 1.807) is 0 Å². The van der Waals surface area contributed by atoms with E-state index in [0.717, 1.165) is 12.5 Å². The van der Waals surface area contributed by atoms with Gasteiger partial charge in [0, 0.05) is 62.2 Å². The van der Waals surface area contributed by atoms with E-state index in [1.807, 2.05) is 0 Å². The molecule has 0 aliphatic rings. The van der Waals surface area contributed by atoms with Crippen LogP contribution in [0.3, 0.4) is 0 Å². The lowest BCUT2D eigenvalue weighted by Crippen LogP contribution is -2.59.